The minimum absolute atomic E-state index is 0.148. The third-order valence-electron chi connectivity index (χ3n) is 5.33. The van der Waals surface area contributed by atoms with Crippen LogP contribution in [0, 0.1) is 0 Å². The number of carbonyl (C=O) groups is 2. The second-order valence-corrected chi connectivity index (χ2v) is 7.16. The number of likely N-dealkylation sites (tertiary alicyclic amines) is 1. The number of benzene rings is 2. The van der Waals surface area contributed by atoms with Crippen molar-refractivity contribution in [3.05, 3.63) is 66.2 Å². The third-order valence-corrected chi connectivity index (χ3v) is 5.33. The van der Waals surface area contributed by atoms with Crippen LogP contribution in [0.2, 0.25) is 0 Å². The molecule has 2 aliphatic heterocycles. The lowest BCUT2D eigenvalue weighted by molar-refractivity contribution is -0.132. The molecule has 2 aliphatic rings. The SMILES string of the molecule is O=C(CCc1ccccc1)N1CCC2(CC1)NC(=O)N(c1ccccc1)N2. The molecule has 2 heterocycles. The minimum atomic E-state index is -0.469. The fraction of sp³-hybridized carbons (Fsp3) is 0.333. The van der Waals surface area contributed by atoms with Crippen LogP contribution in [0.5, 0.6) is 0 Å². The van der Waals surface area contributed by atoms with Gasteiger partial charge in [0.25, 0.3) is 0 Å². The molecule has 0 saturated carbocycles. The summed E-state index contributed by atoms with van der Waals surface area (Å²) in [5.41, 5.74) is 4.85. The second kappa shape index (κ2) is 7.40. The predicted molar refractivity (Wildman–Crippen MR) is 104 cm³/mol. The Morgan fingerprint density at radius 3 is 2.26 bits per heavy atom. The molecule has 4 rings (SSSR count). The fourth-order valence-corrected chi connectivity index (χ4v) is 3.74. The van der Waals surface area contributed by atoms with Crippen molar-refractivity contribution in [3.63, 3.8) is 0 Å². The molecule has 140 valence electrons. The maximum Gasteiger partial charge on any atom is 0.338 e. The summed E-state index contributed by atoms with van der Waals surface area (Å²) >= 11 is 0. The third kappa shape index (κ3) is 3.80. The highest BCUT2D eigenvalue weighted by atomic mass is 16.2. The Bertz CT molecular complexity index is 801. The highest BCUT2D eigenvalue weighted by Crippen LogP contribution is 2.27. The zero-order valence-electron chi connectivity index (χ0n) is 15.2. The highest BCUT2D eigenvalue weighted by Gasteiger charge is 2.45. The van der Waals surface area contributed by atoms with Crippen LogP contribution in [0.25, 0.3) is 0 Å². The second-order valence-electron chi connectivity index (χ2n) is 7.16. The number of para-hydroxylation sites is 1. The van der Waals surface area contributed by atoms with Gasteiger partial charge in [-0.1, -0.05) is 48.5 Å². The molecule has 2 aromatic carbocycles. The largest absolute Gasteiger partial charge is 0.342 e. The number of nitrogens with zero attached hydrogens (tertiary/aromatic N) is 2. The minimum Gasteiger partial charge on any atom is -0.342 e. The van der Waals surface area contributed by atoms with Gasteiger partial charge in [0, 0.05) is 32.4 Å². The molecule has 0 unspecified atom stereocenters. The molecule has 0 radical (unpaired) electrons. The smallest absolute Gasteiger partial charge is 0.338 e. The molecule has 2 aromatic rings. The molecule has 6 nitrogen and oxygen atoms in total. The lowest BCUT2D eigenvalue weighted by Gasteiger charge is -2.39. The summed E-state index contributed by atoms with van der Waals surface area (Å²) in [4.78, 5) is 26.8. The van der Waals surface area contributed by atoms with Crippen LogP contribution in [-0.4, -0.2) is 35.6 Å². The molecule has 2 fully saturated rings. The van der Waals surface area contributed by atoms with Crippen molar-refractivity contribution in [2.75, 3.05) is 18.1 Å². The Morgan fingerprint density at radius 1 is 0.963 bits per heavy atom. The number of rotatable bonds is 4. The van der Waals surface area contributed by atoms with Gasteiger partial charge in [-0.3, -0.25) is 4.79 Å². The number of nitrogens with one attached hydrogen (secondary N) is 2. The first-order valence-corrected chi connectivity index (χ1v) is 9.42. The van der Waals surface area contributed by atoms with Crippen molar-refractivity contribution in [3.8, 4) is 0 Å². The van der Waals surface area contributed by atoms with Crippen LogP contribution in [0.3, 0.4) is 0 Å². The van der Waals surface area contributed by atoms with E-state index in [9.17, 15) is 9.59 Å². The van der Waals surface area contributed by atoms with Crippen LogP contribution in [0.1, 0.15) is 24.8 Å². The molecular formula is C21H24N4O2. The van der Waals surface area contributed by atoms with E-state index in [0.29, 0.717) is 32.4 Å². The number of hydrogen-bond donors (Lipinski definition) is 2. The maximum absolute atomic E-state index is 12.5. The molecule has 3 amide bonds. The average Bonchev–Trinajstić information content (AvgIpc) is 3.04. The zero-order valence-corrected chi connectivity index (χ0v) is 15.2. The van der Waals surface area contributed by atoms with Gasteiger partial charge in [0.2, 0.25) is 5.91 Å². The Kier molecular flexibility index (Phi) is 4.81. The van der Waals surface area contributed by atoms with E-state index in [0.717, 1.165) is 12.1 Å². The lowest BCUT2D eigenvalue weighted by atomic mass is 9.97. The van der Waals surface area contributed by atoms with Gasteiger partial charge in [-0.05, 0) is 24.1 Å². The Balaban J connectivity index is 1.32. The van der Waals surface area contributed by atoms with E-state index in [-0.39, 0.29) is 11.9 Å². The summed E-state index contributed by atoms with van der Waals surface area (Å²) in [6.45, 7) is 1.28. The molecule has 0 bridgehead atoms. The summed E-state index contributed by atoms with van der Waals surface area (Å²) in [5, 5.41) is 4.64. The van der Waals surface area contributed by atoms with Crippen molar-refractivity contribution in [1.82, 2.24) is 15.6 Å². The topological polar surface area (TPSA) is 64.7 Å². The fourth-order valence-electron chi connectivity index (χ4n) is 3.74. The van der Waals surface area contributed by atoms with Crippen LogP contribution < -0.4 is 15.8 Å². The average molecular weight is 364 g/mol. The van der Waals surface area contributed by atoms with Crippen LogP contribution in [0.15, 0.2) is 60.7 Å². The van der Waals surface area contributed by atoms with Gasteiger partial charge in [-0.2, -0.15) is 0 Å². The van der Waals surface area contributed by atoms with Gasteiger partial charge in [0.15, 0.2) is 0 Å². The van der Waals surface area contributed by atoms with Crippen molar-refractivity contribution < 1.29 is 9.59 Å². The summed E-state index contributed by atoms with van der Waals surface area (Å²) < 4.78 is 0. The summed E-state index contributed by atoms with van der Waals surface area (Å²) in [7, 11) is 0. The molecule has 27 heavy (non-hydrogen) atoms. The number of piperidine rings is 1. The van der Waals surface area contributed by atoms with E-state index in [2.05, 4.69) is 22.9 Å². The highest BCUT2D eigenvalue weighted by molar-refractivity contribution is 5.93. The number of anilines is 1. The van der Waals surface area contributed by atoms with E-state index < -0.39 is 5.66 Å². The van der Waals surface area contributed by atoms with Gasteiger partial charge in [-0.25, -0.2) is 15.2 Å². The maximum atomic E-state index is 12.5. The van der Waals surface area contributed by atoms with Crippen LogP contribution in [-0.2, 0) is 11.2 Å². The predicted octanol–water partition coefficient (Wildman–Crippen LogP) is 2.67. The Labute approximate surface area is 159 Å². The van der Waals surface area contributed by atoms with Crippen molar-refractivity contribution in [1.29, 1.82) is 0 Å². The normalized spacial score (nSPS) is 18.6. The first kappa shape index (κ1) is 17.5. The zero-order chi connectivity index (χ0) is 18.7. The quantitative estimate of drug-likeness (QED) is 0.877. The number of hydrogen-bond acceptors (Lipinski definition) is 3. The molecule has 1 spiro atoms. The molecule has 2 saturated heterocycles. The molecule has 0 atom stereocenters. The van der Waals surface area contributed by atoms with Gasteiger partial charge in [0.1, 0.15) is 5.66 Å². The molecular weight excluding hydrogens is 340 g/mol. The van der Waals surface area contributed by atoms with Gasteiger partial charge in [-0.15, -0.1) is 0 Å². The van der Waals surface area contributed by atoms with Gasteiger partial charge in [0.05, 0.1) is 5.69 Å². The lowest BCUT2D eigenvalue weighted by Crippen LogP contribution is -2.58. The summed E-state index contributed by atoms with van der Waals surface area (Å²) in [6.07, 6.45) is 2.67. The first-order chi connectivity index (χ1) is 13.2. The Morgan fingerprint density at radius 2 is 1.59 bits per heavy atom. The number of urea groups is 1. The van der Waals surface area contributed by atoms with Gasteiger partial charge < -0.3 is 10.2 Å². The standard InChI is InChI=1S/C21H24N4O2/c26-19(12-11-17-7-3-1-4-8-17)24-15-13-21(14-16-24)22-20(27)25(23-21)18-9-5-2-6-10-18/h1-10,23H,11-16H2,(H,22,27). The van der Waals surface area contributed by atoms with E-state index in [1.807, 2.05) is 53.4 Å². The van der Waals surface area contributed by atoms with Crippen molar-refractivity contribution >= 4 is 17.6 Å². The molecule has 0 aromatic heterocycles. The number of hydrazine groups is 1. The van der Waals surface area contributed by atoms with Crippen LogP contribution >= 0.6 is 0 Å². The number of carbonyl (C=O) groups excluding carboxylic acids is 2. The number of amides is 3. The van der Waals surface area contributed by atoms with Crippen molar-refractivity contribution in [2.24, 2.45) is 0 Å². The van der Waals surface area contributed by atoms with E-state index in [4.69, 9.17) is 0 Å². The monoisotopic (exact) mass is 364 g/mol. The summed E-state index contributed by atoms with van der Waals surface area (Å²) in [6, 6.07) is 19.5. The number of aryl methyl sites for hydroxylation is 1. The van der Waals surface area contributed by atoms with Crippen LogP contribution in [0.4, 0.5) is 10.5 Å². The summed E-state index contributed by atoms with van der Waals surface area (Å²) in [5.74, 6) is 0.179. The molecule has 0 aliphatic carbocycles. The first-order valence-electron chi connectivity index (χ1n) is 9.42. The van der Waals surface area contributed by atoms with E-state index in [1.165, 1.54) is 5.56 Å². The Hall–Kier alpha value is -2.86. The molecule has 2 N–H and O–H groups in total. The molecule has 6 heteroatoms. The van der Waals surface area contributed by atoms with E-state index in [1.54, 1.807) is 5.01 Å². The van der Waals surface area contributed by atoms with Crippen molar-refractivity contribution in [2.45, 2.75) is 31.3 Å². The van der Waals surface area contributed by atoms with E-state index >= 15 is 0 Å². The van der Waals surface area contributed by atoms with Gasteiger partial charge >= 0.3 is 6.03 Å².